The second kappa shape index (κ2) is 8.40. The predicted molar refractivity (Wildman–Crippen MR) is 96.2 cm³/mol. The molecule has 0 fully saturated rings. The summed E-state index contributed by atoms with van der Waals surface area (Å²) in [5, 5.41) is 6.05. The van der Waals surface area contributed by atoms with Crippen molar-refractivity contribution in [2.45, 2.75) is 20.4 Å². The Kier molecular flexibility index (Phi) is 6.26. The van der Waals surface area contributed by atoms with Gasteiger partial charge < -0.3 is 15.5 Å². The fraction of sp³-hybridized carbons (Fsp3) is 0.389. The molecule has 1 aromatic carbocycles. The molecule has 0 spiro atoms. The number of nitrogens with zero attached hydrogens (tertiary/aromatic N) is 3. The van der Waals surface area contributed by atoms with Crippen LogP contribution in [0.4, 0.5) is 5.95 Å². The number of aryl methyl sites for hydroxylation is 2. The third-order valence-electron chi connectivity index (χ3n) is 3.50. The average molecular weight is 327 g/mol. The molecule has 128 valence electrons. The van der Waals surface area contributed by atoms with Crippen molar-refractivity contribution < 1.29 is 4.79 Å². The molecule has 2 aromatic rings. The maximum absolute atomic E-state index is 12.2. The van der Waals surface area contributed by atoms with Gasteiger partial charge in [0, 0.05) is 25.3 Å². The van der Waals surface area contributed by atoms with Gasteiger partial charge in [-0.1, -0.05) is 29.8 Å². The number of amides is 1. The van der Waals surface area contributed by atoms with Crippen molar-refractivity contribution in [1.29, 1.82) is 0 Å². The first-order chi connectivity index (χ1) is 11.4. The third-order valence-corrected chi connectivity index (χ3v) is 3.50. The SMILES string of the molecule is Cc1ccc(CNc2nc(C)cc(C(=O)NCCN(C)C)n2)cc1. The molecule has 1 amide bonds. The van der Waals surface area contributed by atoms with Crippen LogP contribution in [0.2, 0.25) is 0 Å². The van der Waals surface area contributed by atoms with Gasteiger partial charge in [0.05, 0.1) is 0 Å². The van der Waals surface area contributed by atoms with E-state index in [0.717, 1.165) is 17.8 Å². The Balaban J connectivity index is 1.99. The largest absolute Gasteiger partial charge is 0.350 e. The molecule has 6 nitrogen and oxygen atoms in total. The van der Waals surface area contributed by atoms with Gasteiger partial charge in [-0.3, -0.25) is 4.79 Å². The molecule has 0 unspecified atom stereocenters. The Morgan fingerprint density at radius 3 is 2.50 bits per heavy atom. The number of anilines is 1. The van der Waals surface area contributed by atoms with Crippen LogP contribution in [-0.4, -0.2) is 48.0 Å². The molecule has 2 rings (SSSR count). The average Bonchev–Trinajstić information content (AvgIpc) is 2.53. The summed E-state index contributed by atoms with van der Waals surface area (Å²) in [6, 6.07) is 9.96. The van der Waals surface area contributed by atoms with Crippen LogP contribution in [0.1, 0.15) is 27.3 Å². The fourth-order valence-corrected chi connectivity index (χ4v) is 2.13. The number of nitrogens with one attached hydrogen (secondary N) is 2. The molecular formula is C18H25N5O. The maximum atomic E-state index is 12.2. The lowest BCUT2D eigenvalue weighted by atomic mass is 10.1. The van der Waals surface area contributed by atoms with Crippen LogP contribution in [0, 0.1) is 13.8 Å². The Labute approximate surface area is 143 Å². The fourth-order valence-electron chi connectivity index (χ4n) is 2.13. The van der Waals surface area contributed by atoms with Crippen molar-refractivity contribution in [3.8, 4) is 0 Å². The molecule has 2 N–H and O–H groups in total. The van der Waals surface area contributed by atoms with Crippen LogP contribution in [0.5, 0.6) is 0 Å². The first-order valence-electron chi connectivity index (χ1n) is 8.02. The summed E-state index contributed by atoms with van der Waals surface area (Å²) in [6.07, 6.45) is 0. The third kappa shape index (κ3) is 5.62. The highest BCUT2D eigenvalue weighted by molar-refractivity contribution is 5.92. The molecular weight excluding hydrogens is 302 g/mol. The molecule has 1 heterocycles. The zero-order chi connectivity index (χ0) is 17.5. The Morgan fingerprint density at radius 2 is 1.83 bits per heavy atom. The molecule has 6 heteroatoms. The minimum atomic E-state index is -0.180. The van der Waals surface area contributed by atoms with Crippen LogP contribution in [0.3, 0.4) is 0 Å². The lowest BCUT2D eigenvalue weighted by Crippen LogP contribution is -2.32. The molecule has 0 saturated heterocycles. The van der Waals surface area contributed by atoms with Crippen LogP contribution in [-0.2, 0) is 6.54 Å². The van der Waals surface area contributed by atoms with E-state index in [9.17, 15) is 4.79 Å². The highest BCUT2D eigenvalue weighted by atomic mass is 16.1. The molecule has 0 bridgehead atoms. The van der Waals surface area contributed by atoms with Gasteiger partial charge in [0.15, 0.2) is 0 Å². The zero-order valence-corrected chi connectivity index (χ0v) is 14.8. The number of likely N-dealkylation sites (N-methyl/N-ethyl adjacent to an activating group) is 1. The zero-order valence-electron chi connectivity index (χ0n) is 14.8. The Morgan fingerprint density at radius 1 is 1.12 bits per heavy atom. The second-order valence-electron chi connectivity index (χ2n) is 6.12. The van der Waals surface area contributed by atoms with E-state index in [1.165, 1.54) is 5.56 Å². The number of carbonyl (C=O) groups is 1. The summed E-state index contributed by atoms with van der Waals surface area (Å²) in [5.74, 6) is 0.286. The molecule has 24 heavy (non-hydrogen) atoms. The summed E-state index contributed by atoms with van der Waals surface area (Å²) >= 11 is 0. The normalized spacial score (nSPS) is 10.7. The molecule has 0 radical (unpaired) electrons. The standard InChI is InChI=1S/C18H25N5O/c1-13-5-7-15(8-6-13)12-20-18-21-14(2)11-16(22-18)17(24)19-9-10-23(3)4/h5-8,11H,9-10,12H2,1-4H3,(H,19,24)(H,20,21,22). The van der Waals surface area contributed by atoms with E-state index in [2.05, 4.69) is 51.8 Å². The van der Waals surface area contributed by atoms with Gasteiger partial charge in [0.1, 0.15) is 5.69 Å². The van der Waals surface area contributed by atoms with Crippen molar-refractivity contribution in [1.82, 2.24) is 20.2 Å². The van der Waals surface area contributed by atoms with Gasteiger partial charge in [-0.25, -0.2) is 9.97 Å². The van der Waals surface area contributed by atoms with Gasteiger partial charge in [-0.15, -0.1) is 0 Å². The smallest absolute Gasteiger partial charge is 0.270 e. The number of hydrogen-bond donors (Lipinski definition) is 2. The van der Waals surface area contributed by atoms with Crippen LogP contribution in [0.15, 0.2) is 30.3 Å². The first-order valence-corrected chi connectivity index (χ1v) is 8.02. The monoisotopic (exact) mass is 327 g/mol. The van der Waals surface area contributed by atoms with E-state index in [-0.39, 0.29) is 5.91 Å². The van der Waals surface area contributed by atoms with E-state index in [4.69, 9.17) is 0 Å². The number of aromatic nitrogens is 2. The summed E-state index contributed by atoms with van der Waals surface area (Å²) in [6.45, 7) is 5.90. The van der Waals surface area contributed by atoms with E-state index in [1.54, 1.807) is 6.07 Å². The van der Waals surface area contributed by atoms with Crippen molar-refractivity contribution in [2.75, 3.05) is 32.5 Å². The predicted octanol–water partition coefficient (Wildman–Crippen LogP) is 2.00. The van der Waals surface area contributed by atoms with Crippen molar-refractivity contribution >= 4 is 11.9 Å². The molecule has 0 atom stereocenters. The molecule has 0 aliphatic heterocycles. The number of hydrogen-bond acceptors (Lipinski definition) is 5. The number of rotatable bonds is 7. The van der Waals surface area contributed by atoms with Gasteiger partial charge in [-0.05, 0) is 39.6 Å². The van der Waals surface area contributed by atoms with Crippen LogP contribution >= 0.6 is 0 Å². The van der Waals surface area contributed by atoms with Gasteiger partial charge >= 0.3 is 0 Å². The van der Waals surface area contributed by atoms with E-state index < -0.39 is 0 Å². The summed E-state index contributed by atoms with van der Waals surface area (Å²) in [4.78, 5) is 22.9. The van der Waals surface area contributed by atoms with Crippen LogP contribution < -0.4 is 10.6 Å². The van der Waals surface area contributed by atoms with E-state index in [0.29, 0.717) is 24.7 Å². The minimum absolute atomic E-state index is 0.180. The second-order valence-corrected chi connectivity index (χ2v) is 6.12. The quantitative estimate of drug-likeness (QED) is 0.814. The lowest BCUT2D eigenvalue weighted by Gasteiger charge is -2.11. The van der Waals surface area contributed by atoms with Crippen molar-refractivity contribution in [2.24, 2.45) is 0 Å². The number of benzene rings is 1. The summed E-state index contributed by atoms with van der Waals surface area (Å²) in [7, 11) is 3.93. The number of carbonyl (C=O) groups excluding carboxylic acids is 1. The molecule has 0 aliphatic rings. The van der Waals surface area contributed by atoms with Crippen molar-refractivity contribution in [3.63, 3.8) is 0 Å². The van der Waals surface area contributed by atoms with E-state index >= 15 is 0 Å². The summed E-state index contributed by atoms with van der Waals surface area (Å²) < 4.78 is 0. The van der Waals surface area contributed by atoms with Crippen molar-refractivity contribution in [3.05, 3.63) is 52.8 Å². The highest BCUT2D eigenvalue weighted by Gasteiger charge is 2.10. The maximum Gasteiger partial charge on any atom is 0.270 e. The summed E-state index contributed by atoms with van der Waals surface area (Å²) in [5.41, 5.74) is 3.51. The highest BCUT2D eigenvalue weighted by Crippen LogP contribution is 2.08. The Hall–Kier alpha value is -2.47. The first kappa shape index (κ1) is 17.9. The molecule has 0 saturated carbocycles. The molecule has 0 aliphatic carbocycles. The van der Waals surface area contributed by atoms with Gasteiger partial charge in [0.2, 0.25) is 5.95 Å². The van der Waals surface area contributed by atoms with Crippen LogP contribution in [0.25, 0.3) is 0 Å². The van der Waals surface area contributed by atoms with Gasteiger partial charge in [-0.2, -0.15) is 0 Å². The van der Waals surface area contributed by atoms with Gasteiger partial charge in [0.25, 0.3) is 5.91 Å². The Bertz CT molecular complexity index is 682. The lowest BCUT2D eigenvalue weighted by molar-refractivity contribution is 0.0946. The minimum Gasteiger partial charge on any atom is -0.350 e. The van der Waals surface area contributed by atoms with E-state index in [1.807, 2.05) is 25.9 Å². The molecule has 1 aromatic heterocycles. The topological polar surface area (TPSA) is 70.2 Å².